The number of carbonyl (C=O) groups is 2. The van der Waals surface area contributed by atoms with E-state index in [-0.39, 0.29) is 11.5 Å². The van der Waals surface area contributed by atoms with Gasteiger partial charge in [-0.25, -0.2) is 4.79 Å². The van der Waals surface area contributed by atoms with E-state index in [1.807, 2.05) is 48.5 Å². The molecule has 0 radical (unpaired) electrons. The van der Waals surface area contributed by atoms with Crippen LogP contribution in [0.4, 0.5) is 0 Å². The first-order valence-electron chi connectivity index (χ1n) is 9.90. The third-order valence-electron chi connectivity index (χ3n) is 4.98. The lowest BCUT2D eigenvalue weighted by atomic mass is 10.1. The molecule has 1 N–H and O–H groups in total. The maximum atomic E-state index is 12.9. The lowest BCUT2D eigenvalue weighted by molar-refractivity contribution is -0.136. The Bertz CT molecular complexity index is 1270. The largest absolute Gasteiger partial charge is 0.453 e. The molecule has 2 heterocycles. The number of esters is 1. The summed E-state index contributed by atoms with van der Waals surface area (Å²) in [6, 6.07) is 15.1. The first-order chi connectivity index (χ1) is 15.1. The Hall–Kier alpha value is -4.07. The average molecular weight is 415 g/mol. The Kier molecular flexibility index (Phi) is 5.70. The van der Waals surface area contributed by atoms with Gasteiger partial charge >= 0.3 is 5.97 Å². The minimum Gasteiger partial charge on any atom is -0.453 e. The second kappa shape index (κ2) is 8.74. The standard InChI is InChI=1S/C23H21N5O3/c1-3-17-10-7-11-18-19(13-24-22(17)18)21(29)14-31-23(30)20(28-15(2)25-26-27-28)12-16-8-5-4-6-9-16/h4-13,24H,3,14H2,1-2H3/b20-12-. The molecule has 0 saturated carbocycles. The van der Waals surface area contributed by atoms with Crippen LogP contribution in [0, 0.1) is 6.92 Å². The van der Waals surface area contributed by atoms with E-state index in [0.717, 1.165) is 28.5 Å². The average Bonchev–Trinajstić information content (AvgIpc) is 3.42. The summed E-state index contributed by atoms with van der Waals surface area (Å²) >= 11 is 0. The maximum Gasteiger partial charge on any atom is 0.357 e. The van der Waals surface area contributed by atoms with E-state index in [2.05, 4.69) is 27.4 Å². The Morgan fingerprint density at radius 1 is 1.13 bits per heavy atom. The van der Waals surface area contributed by atoms with Gasteiger partial charge in [-0.15, -0.1) is 5.10 Å². The number of rotatable bonds is 7. The van der Waals surface area contributed by atoms with E-state index < -0.39 is 12.6 Å². The molecule has 2 aromatic carbocycles. The molecule has 8 nitrogen and oxygen atoms in total. The predicted molar refractivity (Wildman–Crippen MR) is 116 cm³/mol. The van der Waals surface area contributed by atoms with Crippen LogP contribution >= 0.6 is 0 Å². The fourth-order valence-corrected chi connectivity index (χ4v) is 3.39. The topological polar surface area (TPSA) is 103 Å². The zero-order valence-corrected chi connectivity index (χ0v) is 17.2. The van der Waals surface area contributed by atoms with Gasteiger partial charge in [-0.05, 0) is 41.0 Å². The number of benzene rings is 2. The summed E-state index contributed by atoms with van der Waals surface area (Å²) in [6.07, 6.45) is 4.13. The van der Waals surface area contributed by atoms with E-state index in [9.17, 15) is 9.59 Å². The molecular weight excluding hydrogens is 394 g/mol. The van der Waals surface area contributed by atoms with Crippen molar-refractivity contribution in [3.05, 3.63) is 77.2 Å². The molecule has 0 unspecified atom stereocenters. The SMILES string of the molecule is CCc1cccc2c(C(=O)COC(=O)/C(=C/c3ccccc3)n3nnnc3C)c[nH]c12. The number of H-pyrrole nitrogens is 1. The Labute approximate surface area is 178 Å². The number of ketones is 1. The zero-order chi connectivity index (χ0) is 21.8. The highest BCUT2D eigenvalue weighted by Crippen LogP contribution is 2.23. The number of aromatic nitrogens is 5. The molecule has 0 atom stereocenters. The summed E-state index contributed by atoms with van der Waals surface area (Å²) in [5.41, 5.74) is 3.43. The Morgan fingerprint density at radius 3 is 2.65 bits per heavy atom. The van der Waals surface area contributed by atoms with E-state index in [0.29, 0.717) is 11.4 Å². The van der Waals surface area contributed by atoms with Crippen molar-refractivity contribution in [2.24, 2.45) is 0 Å². The van der Waals surface area contributed by atoms with Crippen molar-refractivity contribution in [1.29, 1.82) is 0 Å². The normalized spacial score (nSPS) is 11.6. The number of carbonyl (C=O) groups excluding carboxylic acids is 2. The van der Waals surface area contributed by atoms with Crippen LogP contribution in [-0.4, -0.2) is 43.6 Å². The van der Waals surface area contributed by atoms with Gasteiger partial charge in [0.1, 0.15) is 0 Å². The molecule has 0 amide bonds. The highest BCUT2D eigenvalue weighted by atomic mass is 16.5. The monoisotopic (exact) mass is 415 g/mol. The second-order valence-corrected chi connectivity index (χ2v) is 6.97. The van der Waals surface area contributed by atoms with Gasteiger partial charge in [-0.3, -0.25) is 4.79 Å². The van der Waals surface area contributed by atoms with Crippen LogP contribution in [-0.2, 0) is 16.0 Å². The highest BCUT2D eigenvalue weighted by molar-refractivity contribution is 6.16. The predicted octanol–water partition coefficient (Wildman–Crippen LogP) is 3.45. The number of fused-ring (bicyclic) bond motifs is 1. The van der Waals surface area contributed by atoms with Crippen molar-refractivity contribution in [2.45, 2.75) is 20.3 Å². The van der Waals surface area contributed by atoms with E-state index in [1.54, 1.807) is 19.2 Å². The van der Waals surface area contributed by atoms with Crippen molar-refractivity contribution in [3.8, 4) is 0 Å². The smallest absolute Gasteiger partial charge is 0.357 e. The number of nitrogens with one attached hydrogen (secondary N) is 1. The van der Waals surface area contributed by atoms with Crippen LogP contribution in [0.1, 0.15) is 34.2 Å². The van der Waals surface area contributed by atoms with Gasteiger partial charge < -0.3 is 9.72 Å². The molecule has 156 valence electrons. The van der Waals surface area contributed by atoms with Gasteiger partial charge in [-0.2, -0.15) is 4.68 Å². The number of nitrogens with zero attached hydrogens (tertiary/aromatic N) is 4. The third-order valence-corrected chi connectivity index (χ3v) is 4.98. The molecular formula is C23H21N5O3. The van der Waals surface area contributed by atoms with Crippen molar-refractivity contribution >= 4 is 34.4 Å². The lowest BCUT2D eigenvalue weighted by Crippen LogP contribution is -2.19. The van der Waals surface area contributed by atoms with E-state index in [1.165, 1.54) is 4.68 Å². The number of aromatic amines is 1. The summed E-state index contributed by atoms with van der Waals surface area (Å²) in [4.78, 5) is 28.8. The van der Waals surface area contributed by atoms with E-state index >= 15 is 0 Å². The number of ether oxygens (including phenoxy) is 1. The number of Topliss-reactive ketones (excluding diaryl/α,β-unsaturated/α-hetero) is 1. The second-order valence-electron chi connectivity index (χ2n) is 6.97. The van der Waals surface area contributed by atoms with Crippen molar-refractivity contribution in [1.82, 2.24) is 25.2 Å². The Morgan fingerprint density at radius 2 is 1.94 bits per heavy atom. The van der Waals surface area contributed by atoms with Crippen molar-refractivity contribution in [3.63, 3.8) is 0 Å². The summed E-state index contributed by atoms with van der Waals surface area (Å²) in [5.74, 6) is -0.559. The summed E-state index contributed by atoms with van der Waals surface area (Å²) in [5, 5.41) is 12.1. The zero-order valence-electron chi connectivity index (χ0n) is 17.2. The van der Waals surface area contributed by atoms with Crippen LogP contribution in [0.15, 0.2) is 54.7 Å². The molecule has 2 aromatic heterocycles. The van der Waals surface area contributed by atoms with Gasteiger partial charge in [0.2, 0.25) is 5.78 Å². The van der Waals surface area contributed by atoms with Crippen molar-refractivity contribution < 1.29 is 14.3 Å². The van der Waals surface area contributed by atoms with Crippen LogP contribution in [0.3, 0.4) is 0 Å². The third kappa shape index (κ3) is 4.13. The molecule has 0 fully saturated rings. The van der Waals surface area contributed by atoms with Crippen molar-refractivity contribution in [2.75, 3.05) is 6.61 Å². The molecule has 0 aliphatic heterocycles. The molecule has 4 rings (SSSR count). The van der Waals surface area contributed by atoms with Gasteiger partial charge in [0, 0.05) is 22.7 Å². The number of aryl methyl sites for hydroxylation is 2. The van der Waals surface area contributed by atoms with Crippen LogP contribution in [0.2, 0.25) is 0 Å². The highest BCUT2D eigenvalue weighted by Gasteiger charge is 2.21. The quantitative estimate of drug-likeness (QED) is 0.282. The fourth-order valence-electron chi connectivity index (χ4n) is 3.39. The molecule has 0 bridgehead atoms. The molecule has 0 aliphatic carbocycles. The van der Waals surface area contributed by atoms with Gasteiger partial charge in [0.25, 0.3) is 0 Å². The molecule has 4 aromatic rings. The summed E-state index contributed by atoms with van der Waals surface area (Å²) < 4.78 is 6.65. The minimum atomic E-state index is -0.693. The number of tetrazole rings is 1. The molecule has 0 spiro atoms. The number of hydrogen-bond donors (Lipinski definition) is 1. The fraction of sp³-hybridized carbons (Fsp3) is 0.174. The number of para-hydroxylation sites is 1. The molecule has 31 heavy (non-hydrogen) atoms. The summed E-state index contributed by atoms with van der Waals surface area (Å²) in [6.45, 7) is 3.34. The van der Waals surface area contributed by atoms with Gasteiger partial charge in [0.05, 0.1) is 0 Å². The van der Waals surface area contributed by atoms with Crippen LogP contribution in [0.5, 0.6) is 0 Å². The van der Waals surface area contributed by atoms with Crippen LogP contribution < -0.4 is 0 Å². The first-order valence-corrected chi connectivity index (χ1v) is 9.90. The lowest BCUT2D eigenvalue weighted by Gasteiger charge is -2.09. The first kappa shape index (κ1) is 20.2. The van der Waals surface area contributed by atoms with Crippen LogP contribution in [0.25, 0.3) is 22.7 Å². The van der Waals surface area contributed by atoms with Gasteiger partial charge in [-0.1, -0.05) is 55.5 Å². The number of hydrogen-bond acceptors (Lipinski definition) is 6. The molecule has 8 heteroatoms. The van der Waals surface area contributed by atoms with E-state index in [4.69, 9.17) is 4.74 Å². The maximum absolute atomic E-state index is 12.9. The molecule has 0 saturated heterocycles. The minimum absolute atomic E-state index is 0.119. The van der Waals surface area contributed by atoms with Gasteiger partial charge in [0.15, 0.2) is 18.1 Å². The summed E-state index contributed by atoms with van der Waals surface area (Å²) in [7, 11) is 0. The molecule has 0 aliphatic rings. The Balaban J connectivity index is 1.57.